The Kier molecular flexibility index (Phi) is 4.52. The predicted molar refractivity (Wildman–Crippen MR) is 106 cm³/mol. The van der Waals surface area contributed by atoms with Crippen molar-refractivity contribution < 1.29 is 14.4 Å². The number of nitrogens with zero attached hydrogens (tertiary/aromatic N) is 5. The Morgan fingerprint density at radius 1 is 1.24 bits per heavy atom. The van der Waals surface area contributed by atoms with Crippen LogP contribution >= 0.6 is 0 Å². The number of carbonyl (C=O) groups is 3. The van der Waals surface area contributed by atoms with E-state index in [9.17, 15) is 14.4 Å². The van der Waals surface area contributed by atoms with Crippen molar-refractivity contribution in [3.63, 3.8) is 0 Å². The molecular weight excluding hydrogens is 372 g/mol. The van der Waals surface area contributed by atoms with Crippen molar-refractivity contribution in [3.8, 4) is 5.69 Å². The number of rotatable bonds is 5. The maximum absolute atomic E-state index is 12.8. The summed E-state index contributed by atoms with van der Waals surface area (Å²) in [6.07, 6.45) is 4.91. The Bertz CT molecular complexity index is 969. The average molecular weight is 396 g/mol. The van der Waals surface area contributed by atoms with Crippen LogP contribution in [-0.2, 0) is 16.1 Å². The van der Waals surface area contributed by atoms with E-state index in [1.807, 2.05) is 35.0 Å². The molecule has 0 spiro atoms. The molecule has 3 heterocycles. The van der Waals surface area contributed by atoms with Gasteiger partial charge in [-0.3, -0.25) is 14.5 Å². The van der Waals surface area contributed by atoms with Crippen molar-refractivity contribution in [2.24, 2.45) is 5.73 Å². The third-order valence-corrected chi connectivity index (χ3v) is 5.90. The summed E-state index contributed by atoms with van der Waals surface area (Å²) in [6.45, 7) is 2.74. The third kappa shape index (κ3) is 3.02. The van der Waals surface area contributed by atoms with Gasteiger partial charge >= 0.3 is 6.03 Å². The van der Waals surface area contributed by atoms with Gasteiger partial charge < -0.3 is 20.1 Å². The Labute approximate surface area is 168 Å². The van der Waals surface area contributed by atoms with E-state index in [1.165, 1.54) is 6.92 Å². The van der Waals surface area contributed by atoms with Crippen LogP contribution in [0.15, 0.2) is 36.7 Å². The van der Waals surface area contributed by atoms with Crippen LogP contribution < -0.4 is 10.6 Å². The van der Waals surface area contributed by atoms with Crippen LogP contribution in [0.3, 0.4) is 0 Å². The average Bonchev–Trinajstić information content (AvgIpc) is 3.38. The maximum Gasteiger partial charge on any atom is 0.325 e. The lowest BCUT2D eigenvalue weighted by Gasteiger charge is -2.25. The molecular formula is C20H24N6O3. The number of fused-ring (bicyclic) bond motifs is 1. The van der Waals surface area contributed by atoms with E-state index in [-0.39, 0.29) is 18.5 Å². The number of hydrogen-bond donors (Lipinski definition) is 1. The minimum absolute atomic E-state index is 0.0358. The lowest BCUT2D eigenvalue weighted by atomic mass is 9.96. The van der Waals surface area contributed by atoms with Gasteiger partial charge in [0.25, 0.3) is 0 Å². The van der Waals surface area contributed by atoms with Crippen molar-refractivity contribution in [2.45, 2.75) is 31.8 Å². The second kappa shape index (κ2) is 6.91. The van der Waals surface area contributed by atoms with Gasteiger partial charge in [-0.05, 0) is 37.1 Å². The molecule has 29 heavy (non-hydrogen) atoms. The van der Waals surface area contributed by atoms with E-state index in [0.717, 1.165) is 23.6 Å². The van der Waals surface area contributed by atoms with Gasteiger partial charge in [-0.1, -0.05) is 0 Å². The number of primary amides is 1. The molecule has 9 nitrogen and oxygen atoms in total. The molecule has 2 aliphatic rings. The summed E-state index contributed by atoms with van der Waals surface area (Å²) >= 11 is 0. The molecule has 0 radical (unpaired) electrons. The smallest absolute Gasteiger partial charge is 0.325 e. The molecule has 0 unspecified atom stereocenters. The topological polar surface area (TPSA) is 105 Å². The molecule has 1 aromatic carbocycles. The SMILES string of the molecule is CC(=O)N(C)Cc1nccn1-c1ccc(N2C[C@@]3(C(N)=O)CCCN3C2=O)cc1. The largest absolute Gasteiger partial charge is 0.368 e. The minimum atomic E-state index is -0.898. The van der Waals surface area contributed by atoms with Crippen LogP contribution in [0.2, 0.25) is 0 Å². The molecule has 2 aromatic rings. The van der Waals surface area contributed by atoms with E-state index in [0.29, 0.717) is 19.5 Å². The van der Waals surface area contributed by atoms with Crippen molar-refractivity contribution in [2.75, 3.05) is 25.0 Å². The number of amides is 4. The molecule has 4 rings (SSSR count). The maximum atomic E-state index is 12.8. The number of aromatic nitrogens is 2. The van der Waals surface area contributed by atoms with E-state index in [1.54, 1.807) is 27.9 Å². The summed E-state index contributed by atoms with van der Waals surface area (Å²) in [5.74, 6) is 0.257. The molecule has 4 amide bonds. The lowest BCUT2D eigenvalue weighted by Crippen LogP contribution is -2.52. The fraction of sp³-hybridized carbons (Fsp3) is 0.400. The number of carbonyl (C=O) groups excluding carboxylic acids is 3. The van der Waals surface area contributed by atoms with Gasteiger partial charge in [-0.15, -0.1) is 0 Å². The standard InChI is InChI=1S/C20H24N6O3/c1-14(27)23(2)12-17-22-9-11-24(17)15-4-6-16(7-5-15)25-13-20(18(21)28)8-3-10-26(20)19(25)29/h4-7,9,11H,3,8,10,12-13H2,1-2H3,(H2,21,28)/t20-/m1/s1. The Morgan fingerprint density at radius 3 is 2.55 bits per heavy atom. The van der Waals surface area contributed by atoms with Crippen molar-refractivity contribution in [1.29, 1.82) is 0 Å². The highest BCUT2D eigenvalue weighted by Gasteiger charge is 2.56. The molecule has 9 heteroatoms. The van der Waals surface area contributed by atoms with Crippen LogP contribution in [0.25, 0.3) is 5.69 Å². The molecule has 2 fully saturated rings. The third-order valence-electron chi connectivity index (χ3n) is 5.90. The highest BCUT2D eigenvalue weighted by atomic mass is 16.2. The number of hydrogen-bond acceptors (Lipinski definition) is 4. The second-order valence-corrected chi connectivity index (χ2v) is 7.62. The first-order valence-corrected chi connectivity index (χ1v) is 9.57. The minimum Gasteiger partial charge on any atom is -0.368 e. The summed E-state index contributed by atoms with van der Waals surface area (Å²) in [6, 6.07) is 7.30. The molecule has 0 saturated carbocycles. The summed E-state index contributed by atoms with van der Waals surface area (Å²) in [4.78, 5) is 45.6. The second-order valence-electron chi connectivity index (χ2n) is 7.62. The molecule has 0 aliphatic carbocycles. The van der Waals surface area contributed by atoms with Crippen molar-refractivity contribution in [1.82, 2.24) is 19.4 Å². The molecule has 152 valence electrons. The molecule has 2 N–H and O–H groups in total. The zero-order valence-corrected chi connectivity index (χ0v) is 16.5. The highest BCUT2D eigenvalue weighted by molar-refractivity contribution is 6.03. The molecule has 0 bridgehead atoms. The van der Waals surface area contributed by atoms with Gasteiger partial charge in [0.2, 0.25) is 11.8 Å². The zero-order valence-electron chi connectivity index (χ0n) is 16.5. The summed E-state index contributed by atoms with van der Waals surface area (Å²) < 4.78 is 1.90. The first-order valence-electron chi connectivity index (χ1n) is 9.57. The monoisotopic (exact) mass is 396 g/mol. The molecule has 1 aromatic heterocycles. The first-order chi connectivity index (χ1) is 13.8. The van der Waals surface area contributed by atoms with Crippen LogP contribution in [0.5, 0.6) is 0 Å². The summed E-state index contributed by atoms with van der Waals surface area (Å²) in [5.41, 5.74) is 6.34. The van der Waals surface area contributed by atoms with Crippen LogP contribution in [0, 0.1) is 0 Å². The van der Waals surface area contributed by atoms with E-state index in [4.69, 9.17) is 5.73 Å². The van der Waals surface area contributed by atoms with Gasteiger partial charge in [0.1, 0.15) is 11.4 Å². The van der Waals surface area contributed by atoms with Gasteiger partial charge in [-0.2, -0.15) is 0 Å². The Balaban J connectivity index is 1.57. The lowest BCUT2D eigenvalue weighted by molar-refractivity contribution is -0.128. The van der Waals surface area contributed by atoms with E-state index in [2.05, 4.69) is 4.98 Å². The molecule has 2 aliphatic heterocycles. The quantitative estimate of drug-likeness (QED) is 0.817. The van der Waals surface area contributed by atoms with Crippen molar-refractivity contribution in [3.05, 3.63) is 42.5 Å². The molecule has 2 saturated heterocycles. The van der Waals surface area contributed by atoms with Crippen LogP contribution in [-0.4, -0.2) is 62.9 Å². The summed E-state index contributed by atoms with van der Waals surface area (Å²) in [5, 5.41) is 0. The van der Waals surface area contributed by atoms with E-state index < -0.39 is 11.4 Å². The van der Waals surface area contributed by atoms with E-state index >= 15 is 0 Å². The number of nitrogens with two attached hydrogens (primary N) is 1. The number of urea groups is 1. The van der Waals surface area contributed by atoms with Gasteiger partial charge in [-0.25, -0.2) is 9.78 Å². The van der Waals surface area contributed by atoms with Gasteiger partial charge in [0, 0.05) is 44.3 Å². The number of anilines is 1. The fourth-order valence-electron chi connectivity index (χ4n) is 4.14. The van der Waals surface area contributed by atoms with Crippen molar-refractivity contribution >= 4 is 23.5 Å². The number of benzene rings is 1. The Hall–Kier alpha value is -3.36. The Morgan fingerprint density at radius 2 is 1.93 bits per heavy atom. The van der Waals surface area contributed by atoms with Gasteiger partial charge in [0.15, 0.2) is 0 Å². The van der Waals surface area contributed by atoms with Gasteiger partial charge in [0.05, 0.1) is 13.1 Å². The predicted octanol–water partition coefficient (Wildman–Crippen LogP) is 1.11. The molecule has 1 atom stereocenters. The number of imidazole rings is 1. The van der Waals surface area contributed by atoms with Crippen LogP contribution in [0.4, 0.5) is 10.5 Å². The first kappa shape index (κ1) is 19.0. The summed E-state index contributed by atoms with van der Waals surface area (Å²) in [7, 11) is 1.73. The van der Waals surface area contributed by atoms with Crippen LogP contribution in [0.1, 0.15) is 25.6 Å². The fourth-order valence-corrected chi connectivity index (χ4v) is 4.14. The zero-order chi connectivity index (χ0) is 20.8. The highest BCUT2D eigenvalue weighted by Crippen LogP contribution is 2.38. The normalized spacial score (nSPS) is 20.8.